The first-order chi connectivity index (χ1) is 4.88. The molecule has 0 amide bonds. The molecule has 0 N–H and O–H groups in total. The first-order valence-corrected chi connectivity index (χ1v) is 3.01. The summed E-state index contributed by atoms with van der Waals surface area (Å²) >= 11 is 0. The summed E-state index contributed by atoms with van der Waals surface area (Å²) in [4.78, 5) is 20.3. The highest BCUT2D eigenvalue weighted by Gasteiger charge is 2.14. The van der Waals surface area contributed by atoms with Gasteiger partial charge in [0.25, 0.3) is 0 Å². The minimum absolute atomic E-state index is 0.387. The van der Waals surface area contributed by atoms with Crippen molar-refractivity contribution in [3.63, 3.8) is 0 Å². The maximum absolute atomic E-state index is 10.2. The lowest BCUT2D eigenvalue weighted by atomic mass is 9.94. The van der Waals surface area contributed by atoms with Crippen LogP contribution in [0, 0.1) is 5.92 Å². The second kappa shape index (κ2) is 3.11. The van der Waals surface area contributed by atoms with Gasteiger partial charge in [0.1, 0.15) is 0 Å². The van der Waals surface area contributed by atoms with Gasteiger partial charge in [0.15, 0.2) is 0 Å². The van der Waals surface area contributed by atoms with Crippen molar-refractivity contribution in [2.75, 3.05) is 0 Å². The number of allylic oxidation sites excluding steroid dienone is 4. The average Bonchev–Trinajstić information content (AvgIpc) is 2.04. The van der Waals surface area contributed by atoms with Crippen LogP contribution in [0.25, 0.3) is 0 Å². The van der Waals surface area contributed by atoms with Crippen molar-refractivity contribution in [2.45, 2.75) is 6.42 Å². The maximum atomic E-state index is 10.2. The topological polar surface area (TPSA) is 34.1 Å². The number of carbonyl (C=O) groups excluding carboxylic acids is 2. The summed E-state index contributed by atoms with van der Waals surface area (Å²) in [6.07, 6.45) is 9.21. The van der Waals surface area contributed by atoms with Crippen LogP contribution in [0.1, 0.15) is 6.42 Å². The number of hydrogen-bond acceptors (Lipinski definition) is 2. The van der Waals surface area contributed by atoms with E-state index in [0.717, 1.165) is 0 Å². The Kier molecular flexibility index (Phi) is 2.15. The molecule has 0 fully saturated rings. The highest BCUT2D eigenvalue weighted by molar-refractivity contribution is 5.82. The Morgan fingerprint density at radius 1 is 1.50 bits per heavy atom. The van der Waals surface area contributed by atoms with Gasteiger partial charge in [0.05, 0.1) is 5.92 Å². The minimum atomic E-state index is -0.387. The molecule has 0 saturated carbocycles. The molecule has 0 spiro atoms. The zero-order valence-corrected chi connectivity index (χ0v) is 5.33. The molecule has 2 nitrogen and oxygen atoms in total. The van der Waals surface area contributed by atoms with Gasteiger partial charge in [-0.2, -0.15) is 0 Å². The molecule has 0 aliphatic heterocycles. The molecule has 0 bridgehead atoms. The summed E-state index contributed by atoms with van der Waals surface area (Å²) < 4.78 is 0. The molecule has 0 heterocycles. The normalized spacial score (nSPS) is 23.6. The van der Waals surface area contributed by atoms with Crippen molar-refractivity contribution in [1.82, 2.24) is 0 Å². The van der Waals surface area contributed by atoms with Crippen LogP contribution < -0.4 is 0 Å². The van der Waals surface area contributed by atoms with Crippen LogP contribution in [0.4, 0.5) is 0 Å². The molecule has 1 aliphatic carbocycles. The van der Waals surface area contributed by atoms with E-state index in [4.69, 9.17) is 0 Å². The fourth-order valence-electron chi connectivity index (χ4n) is 0.846. The molecule has 0 aromatic carbocycles. The minimum Gasteiger partial charge on any atom is -0.290 e. The third-order valence-electron chi connectivity index (χ3n) is 1.42. The van der Waals surface area contributed by atoms with E-state index in [-0.39, 0.29) is 5.92 Å². The van der Waals surface area contributed by atoms with Gasteiger partial charge in [0, 0.05) is 5.57 Å². The molecule has 10 heavy (non-hydrogen) atoms. The third-order valence-corrected chi connectivity index (χ3v) is 1.42. The van der Waals surface area contributed by atoms with Crippen molar-refractivity contribution in [3.05, 3.63) is 23.8 Å². The second-order valence-corrected chi connectivity index (χ2v) is 2.06. The average molecular weight is 134 g/mol. The van der Waals surface area contributed by atoms with Crippen LogP contribution >= 0.6 is 0 Å². The third kappa shape index (κ3) is 1.21. The molecule has 0 aromatic heterocycles. The monoisotopic (exact) mass is 134 g/mol. The lowest BCUT2D eigenvalue weighted by molar-refractivity contribution is 0.529. The van der Waals surface area contributed by atoms with Gasteiger partial charge in [-0.25, -0.2) is 0 Å². The fourth-order valence-corrected chi connectivity index (χ4v) is 0.846. The van der Waals surface area contributed by atoms with Crippen molar-refractivity contribution in [3.8, 4) is 0 Å². The Labute approximate surface area is 59.2 Å². The lowest BCUT2D eigenvalue weighted by Gasteiger charge is -2.07. The van der Waals surface area contributed by atoms with Gasteiger partial charge in [0.2, 0.25) is 12.6 Å². The van der Waals surface area contributed by atoms with Gasteiger partial charge in [-0.1, -0.05) is 18.2 Å². The second-order valence-electron chi connectivity index (χ2n) is 2.06. The van der Waals surface area contributed by atoms with Crippen LogP contribution in [0.3, 0.4) is 0 Å². The quantitative estimate of drug-likeness (QED) is 0.557. The molecule has 0 aromatic rings. The Hall–Kier alpha value is -1.18. The predicted molar refractivity (Wildman–Crippen MR) is 36.7 cm³/mol. The van der Waals surface area contributed by atoms with Crippen LogP contribution in [0.2, 0.25) is 0 Å². The molecule has 2 heteroatoms. The molecule has 1 atom stereocenters. The van der Waals surface area contributed by atoms with E-state index in [9.17, 15) is 9.59 Å². The molecule has 1 aliphatic rings. The summed E-state index contributed by atoms with van der Waals surface area (Å²) in [5.41, 5.74) is 0.400. The summed E-state index contributed by atoms with van der Waals surface area (Å²) in [6.45, 7) is 0. The van der Waals surface area contributed by atoms with Gasteiger partial charge in [-0.15, -0.1) is 0 Å². The Bertz CT molecular complexity index is 201. The molecule has 0 saturated heterocycles. The van der Waals surface area contributed by atoms with Crippen molar-refractivity contribution in [2.24, 2.45) is 5.92 Å². The SMILES string of the molecule is O=[C]C1=CC=CCC1[C]=O. The van der Waals surface area contributed by atoms with E-state index in [1.807, 2.05) is 6.08 Å². The number of hydrogen-bond donors (Lipinski definition) is 0. The van der Waals surface area contributed by atoms with Gasteiger partial charge >= 0.3 is 0 Å². The van der Waals surface area contributed by atoms with Gasteiger partial charge in [-0.3, -0.25) is 9.59 Å². The van der Waals surface area contributed by atoms with E-state index in [1.165, 1.54) is 0 Å². The summed E-state index contributed by atoms with van der Waals surface area (Å²) in [5.74, 6) is -0.387. The first kappa shape index (κ1) is 6.93. The van der Waals surface area contributed by atoms with Crippen molar-refractivity contribution < 1.29 is 9.59 Å². The zero-order chi connectivity index (χ0) is 7.40. The van der Waals surface area contributed by atoms with Crippen LogP contribution in [-0.2, 0) is 9.59 Å². The van der Waals surface area contributed by atoms with E-state index in [1.54, 1.807) is 24.7 Å². The van der Waals surface area contributed by atoms with Crippen molar-refractivity contribution >= 4 is 12.6 Å². The predicted octanol–water partition coefficient (Wildman–Crippen LogP) is 0.708. The highest BCUT2D eigenvalue weighted by Crippen LogP contribution is 2.15. The maximum Gasteiger partial charge on any atom is 0.229 e. The van der Waals surface area contributed by atoms with E-state index in [0.29, 0.717) is 12.0 Å². The van der Waals surface area contributed by atoms with Gasteiger partial charge in [-0.05, 0) is 6.42 Å². The molecule has 1 unspecified atom stereocenters. The summed E-state index contributed by atoms with van der Waals surface area (Å²) in [5, 5.41) is 0. The Balaban J connectivity index is 2.79. The lowest BCUT2D eigenvalue weighted by Crippen LogP contribution is -2.07. The van der Waals surface area contributed by atoms with Gasteiger partial charge < -0.3 is 0 Å². The smallest absolute Gasteiger partial charge is 0.229 e. The Morgan fingerprint density at radius 3 is 2.80 bits per heavy atom. The van der Waals surface area contributed by atoms with E-state index >= 15 is 0 Å². The van der Waals surface area contributed by atoms with Crippen LogP contribution in [0.15, 0.2) is 23.8 Å². The first-order valence-electron chi connectivity index (χ1n) is 3.01. The van der Waals surface area contributed by atoms with Crippen molar-refractivity contribution in [1.29, 1.82) is 0 Å². The largest absolute Gasteiger partial charge is 0.290 e. The fraction of sp³-hybridized carbons (Fsp3) is 0.250. The zero-order valence-electron chi connectivity index (χ0n) is 5.33. The summed E-state index contributed by atoms with van der Waals surface area (Å²) in [6, 6.07) is 0. The molecular formula is C8H6O2. The summed E-state index contributed by atoms with van der Waals surface area (Å²) in [7, 11) is 0. The standard InChI is InChI=1S/C8H6O2/c9-5-7-3-1-2-4-8(7)6-10/h1-3,8H,4H2. The van der Waals surface area contributed by atoms with E-state index in [2.05, 4.69) is 0 Å². The molecule has 50 valence electrons. The number of rotatable bonds is 2. The molecule has 2 radical (unpaired) electrons. The van der Waals surface area contributed by atoms with Crippen LogP contribution in [-0.4, -0.2) is 12.6 Å². The van der Waals surface area contributed by atoms with Crippen LogP contribution in [0.5, 0.6) is 0 Å². The van der Waals surface area contributed by atoms with E-state index < -0.39 is 0 Å². The Morgan fingerprint density at radius 2 is 2.30 bits per heavy atom. The highest BCUT2D eigenvalue weighted by atomic mass is 16.1. The molecule has 1 rings (SSSR count). The molecular weight excluding hydrogens is 128 g/mol.